The maximum Gasteiger partial charge on any atom is 0.351 e. The third-order valence-electron chi connectivity index (χ3n) is 3.85. The minimum absolute atomic E-state index is 0.0635. The highest BCUT2D eigenvalue weighted by Crippen LogP contribution is 2.32. The average molecular weight is 338 g/mol. The zero-order valence-corrected chi connectivity index (χ0v) is 14.1. The van der Waals surface area contributed by atoms with Gasteiger partial charge in [-0.3, -0.25) is 4.57 Å². The third kappa shape index (κ3) is 4.41. The molecule has 24 heavy (non-hydrogen) atoms. The van der Waals surface area contributed by atoms with E-state index in [1.165, 1.54) is 16.8 Å². The molecule has 4 atom stereocenters. The number of hydrogen-bond acceptors (Lipinski definition) is 7. The fourth-order valence-electron chi connectivity index (χ4n) is 2.70. The van der Waals surface area contributed by atoms with Crippen LogP contribution in [0.25, 0.3) is 0 Å². The molecule has 1 saturated heterocycles. The lowest BCUT2D eigenvalue weighted by atomic mass is 10.1. The Balaban J connectivity index is 1.95. The van der Waals surface area contributed by atoms with Crippen LogP contribution in [0, 0.1) is 5.92 Å². The zero-order chi connectivity index (χ0) is 17.9. The van der Waals surface area contributed by atoms with E-state index in [0.717, 1.165) is 6.42 Å². The Hall–Kier alpha value is -1.74. The summed E-state index contributed by atoms with van der Waals surface area (Å²) in [5.74, 6) is 0.616. The fourth-order valence-corrected chi connectivity index (χ4v) is 2.70. The smallest absolute Gasteiger partial charge is 0.351 e. The van der Waals surface area contributed by atoms with Crippen molar-refractivity contribution in [2.45, 2.75) is 44.7 Å². The lowest BCUT2D eigenvalue weighted by Gasteiger charge is -2.18. The number of aromatic nitrogens is 2. The second-order valence-corrected chi connectivity index (χ2v) is 6.52. The summed E-state index contributed by atoms with van der Waals surface area (Å²) >= 11 is 0. The molecule has 134 valence electrons. The summed E-state index contributed by atoms with van der Waals surface area (Å²) in [6.07, 6.45) is -0.0113. The normalized spacial score (nSPS) is 25.4. The average Bonchev–Trinajstić information content (AvgIpc) is 2.75. The van der Waals surface area contributed by atoms with Gasteiger partial charge in [-0.2, -0.15) is 4.98 Å². The van der Waals surface area contributed by atoms with Crippen LogP contribution in [0.5, 0.6) is 0 Å². The quantitative estimate of drug-likeness (QED) is 0.599. The summed E-state index contributed by atoms with van der Waals surface area (Å²) < 4.78 is 12.5. The maximum absolute atomic E-state index is 11.9. The predicted molar refractivity (Wildman–Crippen MR) is 90.2 cm³/mol. The van der Waals surface area contributed by atoms with E-state index in [0.29, 0.717) is 18.1 Å². The molecule has 2 rings (SSSR count). The molecule has 2 unspecified atom stereocenters. The molecule has 1 aliphatic rings. The van der Waals surface area contributed by atoms with Gasteiger partial charge in [0.25, 0.3) is 0 Å². The van der Waals surface area contributed by atoms with Gasteiger partial charge in [-0.15, -0.1) is 0 Å². The first-order valence-electron chi connectivity index (χ1n) is 7.99. The van der Waals surface area contributed by atoms with E-state index in [2.05, 4.69) is 25.4 Å². The van der Waals surface area contributed by atoms with Crippen molar-refractivity contribution in [3.05, 3.63) is 34.9 Å². The van der Waals surface area contributed by atoms with Gasteiger partial charge in [0.05, 0.1) is 13.2 Å². The number of rotatable bonds is 7. The van der Waals surface area contributed by atoms with Gasteiger partial charge in [-0.1, -0.05) is 20.4 Å². The minimum Gasteiger partial charge on any atom is -0.386 e. The molecular formula is C16H26N4O4. The molecule has 0 amide bonds. The first-order chi connectivity index (χ1) is 11.3. The van der Waals surface area contributed by atoms with Crippen molar-refractivity contribution in [2.75, 3.05) is 18.9 Å². The summed E-state index contributed by atoms with van der Waals surface area (Å²) in [6, 6.07) is 1.42. The van der Waals surface area contributed by atoms with Crippen LogP contribution in [0.2, 0.25) is 0 Å². The van der Waals surface area contributed by atoms with E-state index in [1.807, 2.05) is 0 Å². The number of anilines is 1. The van der Waals surface area contributed by atoms with Gasteiger partial charge in [0, 0.05) is 17.8 Å². The third-order valence-corrected chi connectivity index (χ3v) is 3.85. The second-order valence-electron chi connectivity index (χ2n) is 6.52. The Morgan fingerprint density at radius 3 is 2.88 bits per heavy atom. The summed E-state index contributed by atoms with van der Waals surface area (Å²) in [5, 5.41) is 10.2. The molecule has 1 aromatic heterocycles. The van der Waals surface area contributed by atoms with Gasteiger partial charge in [0.1, 0.15) is 18.0 Å². The van der Waals surface area contributed by atoms with Crippen molar-refractivity contribution >= 4 is 5.82 Å². The molecule has 0 aliphatic carbocycles. The molecule has 0 radical (unpaired) electrons. The molecular weight excluding hydrogens is 312 g/mol. The molecule has 0 bridgehead atoms. The van der Waals surface area contributed by atoms with E-state index in [-0.39, 0.29) is 18.5 Å². The summed E-state index contributed by atoms with van der Waals surface area (Å²) in [6.45, 7) is 8.55. The van der Waals surface area contributed by atoms with Crippen molar-refractivity contribution < 1.29 is 14.6 Å². The highest BCUT2D eigenvalue weighted by atomic mass is 16.6. The van der Waals surface area contributed by atoms with Crippen LogP contribution >= 0.6 is 0 Å². The van der Waals surface area contributed by atoms with Crippen molar-refractivity contribution in [1.29, 1.82) is 0 Å². The van der Waals surface area contributed by atoms with Crippen molar-refractivity contribution in [1.82, 2.24) is 9.55 Å². The van der Waals surface area contributed by atoms with Crippen molar-refractivity contribution in [2.24, 2.45) is 11.7 Å². The number of ether oxygens (including phenoxy) is 2. The number of nitrogens with two attached hydrogens (primary N) is 2. The monoisotopic (exact) mass is 338 g/mol. The number of aliphatic hydroxyl groups excluding tert-OH is 1. The molecule has 8 heteroatoms. The molecule has 8 nitrogen and oxygen atoms in total. The van der Waals surface area contributed by atoms with E-state index in [4.69, 9.17) is 20.9 Å². The standard InChI is InChI=1S/C16H26N4O4/c1-9(2)6-11(17)7-23-8-12-14(21)10(3)15(24-12)20-5-4-13(18)19-16(20)22/h4-5,9,11-12,14-15,21H,3,6-8,17H2,1-2H3,(H2,18,19,22)/t11?,12-,14?,15-/m1/s1. The molecule has 1 aliphatic heterocycles. The molecule has 2 heterocycles. The van der Waals surface area contributed by atoms with Gasteiger partial charge >= 0.3 is 5.69 Å². The van der Waals surface area contributed by atoms with Gasteiger partial charge in [0.15, 0.2) is 6.23 Å². The summed E-state index contributed by atoms with van der Waals surface area (Å²) in [7, 11) is 0. The number of hydrogen-bond donors (Lipinski definition) is 3. The van der Waals surface area contributed by atoms with E-state index in [9.17, 15) is 9.90 Å². The summed E-state index contributed by atoms with van der Waals surface area (Å²) in [5.41, 5.74) is 11.3. The number of nitrogen functional groups attached to an aromatic ring is 1. The maximum atomic E-state index is 11.9. The molecule has 5 N–H and O–H groups in total. The first-order valence-corrected chi connectivity index (χ1v) is 7.99. The Kier molecular flexibility index (Phi) is 6.11. The van der Waals surface area contributed by atoms with Gasteiger partial charge in [-0.25, -0.2) is 4.79 Å². The Labute approximate surface area is 141 Å². The molecule has 0 saturated carbocycles. The molecule has 0 aromatic carbocycles. The topological polar surface area (TPSA) is 126 Å². The van der Waals surface area contributed by atoms with Crippen LogP contribution in [0.3, 0.4) is 0 Å². The van der Waals surface area contributed by atoms with Gasteiger partial charge < -0.3 is 26.0 Å². The van der Waals surface area contributed by atoms with Gasteiger partial charge in [-0.05, 0) is 18.4 Å². The van der Waals surface area contributed by atoms with Crippen molar-refractivity contribution in [3.63, 3.8) is 0 Å². The van der Waals surface area contributed by atoms with Gasteiger partial charge in [0.2, 0.25) is 0 Å². The largest absolute Gasteiger partial charge is 0.386 e. The molecule has 1 aromatic rings. The Bertz CT molecular complexity index is 631. The fraction of sp³-hybridized carbons (Fsp3) is 0.625. The van der Waals surface area contributed by atoms with Crippen LogP contribution < -0.4 is 17.2 Å². The van der Waals surface area contributed by atoms with Crippen LogP contribution in [0.1, 0.15) is 26.5 Å². The van der Waals surface area contributed by atoms with Crippen LogP contribution in [-0.2, 0) is 9.47 Å². The SMILES string of the molecule is C=C1C(O)[C@@H](COCC(N)CC(C)C)O[C@H]1n1ccc(N)nc1=O. The minimum atomic E-state index is -0.930. The molecule has 0 spiro atoms. The zero-order valence-electron chi connectivity index (χ0n) is 14.1. The molecule has 1 fully saturated rings. The highest BCUT2D eigenvalue weighted by molar-refractivity contribution is 5.24. The second kappa shape index (κ2) is 7.89. The predicted octanol–water partition coefficient (Wildman–Crippen LogP) is 0.0300. The summed E-state index contributed by atoms with van der Waals surface area (Å²) in [4.78, 5) is 15.6. The first kappa shape index (κ1) is 18.6. The Morgan fingerprint density at radius 1 is 1.54 bits per heavy atom. The van der Waals surface area contributed by atoms with Crippen LogP contribution in [-0.4, -0.2) is 46.1 Å². The lowest BCUT2D eigenvalue weighted by molar-refractivity contribution is -0.0646. The number of aliphatic hydroxyl groups is 1. The highest BCUT2D eigenvalue weighted by Gasteiger charge is 2.39. The van der Waals surface area contributed by atoms with Crippen LogP contribution in [0.4, 0.5) is 5.82 Å². The van der Waals surface area contributed by atoms with E-state index >= 15 is 0 Å². The van der Waals surface area contributed by atoms with Crippen LogP contribution in [0.15, 0.2) is 29.2 Å². The lowest BCUT2D eigenvalue weighted by Crippen LogP contribution is -2.32. The van der Waals surface area contributed by atoms with E-state index in [1.54, 1.807) is 0 Å². The van der Waals surface area contributed by atoms with E-state index < -0.39 is 24.1 Å². The Morgan fingerprint density at radius 2 is 2.25 bits per heavy atom. The number of nitrogens with zero attached hydrogens (tertiary/aromatic N) is 2. The van der Waals surface area contributed by atoms with Crippen molar-refractivity contribution in [3.8, 4) is 0 Å².